The standard InChI is InChI=1S/C11H10N2O2S/c12-7-11-10(4-5-16-11)8-2-1-3-9(6-8)13(14)15/h1-6H,7,12H2. The number of rotatable bonds is 3. The third kappa shape index (κ3) is 1.95. The zero-order valence-corrected chi connectivity index (χ0v) is 9.24. The van der Waals surface area contributed by atoms with Gasteiger partial charge in [-0.3, -0.25) is 10.1 Å². The van der Waals surface area contributed by atoms with Gasteiger partial charge in [0.15, 0.2) is 0 Å². The Kier molecular flexibility index (Phi) is 2.98. The second-order valence-electron chi connectivity index (χ2n) is 3.27. The van der Waals surface area contributed by atoms with Crippen molar-refractivity contribution >= 4 is 17.0 Å². The van der Waals surface area contributed by atoms with E-state index in [2.05, 4.69) is 0 Å². The molecule has 0 atom stereocenters. The van der Waals surface area contributed by atoms with E-state index in [0.717, 1.165) is 16.0 Å². The monoisotopic (exact) mass is 234 g/mol. The maximum Gasteiger partial charge on any atom is 0.270 e. The Labute approximate surface area is 96.5 Å². The quantitative estimate of drug-likeness (QED) is 0.655. The summed E-state index contributed by atoms with van der Waals surface area (Å²) in [6.45, 7) is 0.454. The van der Waals surface area contributed by atoms with Crippen LogP contribution in [0.15, 0.2) is 35.7 Å². The number of benzene rings is 1. The van der Waals surface area contributed by atoms with Gasteiger partial charge in [-0.05, 0) is 22.6 Å². The number of nitrogens with two attached hydrogens (primary N) is 1. The minimum absolute atomic E-state index is 0.103. The lowest BCUT2D eigenvalue weighted by molar-refractivity contribution is -0.384. The Balaban J connectivity index is 2.48. The third-order valence-electron chi connectivity index (χ3n) is 2.30. The molecule has 4 nitrogen and oxygen atoms in total. The number of hydrogen-bond acceptors (Lipinski definition) is 4. The van der Waals surface area contributed by atoms with Gasteiger partial charge in [0.2, 0.25) is 0 Å². The summed E-state index contributed by atoms with van der Waals surface area (Å²) in [4.78, 5) is 11.3. The predicted octanol–water partition coefficient (Wildman–Crippen LogP) is 2.78. The van der Waals surface area contributed by atoms with Gasteiger partial charge < -0.3 is 5.73 Å². The fourth-order valence-electron chi connectivity index (χ4n) is 1.54. The fourth-order valence-corrected chi connectivity index (χ4v) is 2.32. The van der Waals surface area contributed by atoms with Crippen molar-refractivity contribution in [3.05, 3.63) is 50.7 Å². The molecule has 0 radical (unpaired) electrons. The molecule has 0 unspecified atom stereocenters. The van der Waals surface area contributed by atoms with Gasteiger partial charge in [0, 0.05) is 23.6 Å². The van der Waals surface area contributed by atoms with E-state index in [-0.39, 0.29) is 5.69 Å². The van der Waals surface area contributed by atoms with Crippen molar-refractivity contribution in [1.29, 1.82) is 0 Å². The summed E-state index contributed by atoms with van der Waals surface area (Å²) in [6, 6.07) is 8.53. The van der Waals surface area contributed by atoms with Gasteiger partial charge in [0.25, 0.3) is 5.69 Å². The van der Waals surface area contributed by atoms with Crippen LogP contribution in [-0.2, 0) is 6.54 Å². The summed E-state index contributed by atoms with van der Waals surface area (Å²) >= 11 is 1.56. The molecule has 16 heavy (non-hydrogen) atoms. The molecule has 0 bridgehead atoms. The van der Waals surface area contributed by atoms with Crippen LogP contribution in [0.4, 0.5) is 5.69 Å². The van der Waals surface area contributed by atoms with Gasteiger partial charge in [-0.25, -0.2) is 0 Å². The lowest BCUT2D eigenvalue weighted by Gasteiger charge is -2.01. The van der Waals surface area contributed by atoms with E-state index in [0.29, 0.717) is 6.54 Å². The highest BCUT2D eigenvalue weighted by atomic mass is 32.1. The van der Waals surface area contributed by atoms with Gasteiger partial charge >= 0.3 is 0 Å². The van der Waals surface area contributed by atoms with Gasteiger partial charge in [-0.15, -0.1) is 11.3 Å². The molecule has 0 aliphatic rings. The Morgan fingerprint density at radius 1 is 1.38 bits per heavy atom. The van der Waals surface area contributed by atoms with Crippen LogP contribution in [-0.4, -0.2) is 4.92 Å². The summed E-state index contributed by atoms with van der Waals surface area (Å²) in [5.74, 6) is 0. The average Bonchev–Trinajstić information content (AvgIpc) is 2.77. The number of thiophene rings is 1. The number of nitro benzene ring substituents is 1. The van der Waals surface area contributed by atoms with Gasteiger partial charge in [0.05, 0.1) is 4.92 Å². The van der Waals surface area contributed by atoms with E-state index >= 15 is 0 Å². The Morgan fingerprint density at radius 3 is 2.88 bits per heavy atom. The van der Waals surface area contributed by atoms with Crippen molar-refractivity contribution in [1.82, 2.24) is 0 Å². The molecule has 5 heteroatoms. The number of non-ortho nitro benzene ring substituents is 1. The molecule has 0 aliphatic heterocycles. The molecule has 1 heterocycles. The minimum Gasteiger partial charge on any atom is -0.326 e. The molecule has 0 amide bonds. The summed E-state index contributed by atoms with van der Waals surface area (Å²) in [6.07, 6.45) is 0. The van der Waals surface area contributed by atoms with Gasteiger partial charge in [-0.1, -0.05) is 12.1 Å². The van der Waals surface area contributed by atoms with Crippen LogP contribution in [0.25, 0.3) is 11.1 Å². The highest BCUT2D eigenvalue weighted by Crippen LogP contribution is 2.29. The molecule has 2 aromatic rings. The normalized spacial score (nSPS) is 10.3. The lowest BCUT2D eigenvalue weighted by atomic mass is 10.1. The molecule has 1 aromatic carbocycles. The molecule has 0 spiro atoms. The van der Waals surface area contributed by atoms with Crippen LogP contribution in [0.2, 0.25) is 0 Å². The van der Waals surface area contributed by atoms with E-state index < -0.39 is 4.92 Å². The molecule has 0 saturated heterocycles. The van der Waals surface area contributed by atoms with Crippen molar-refractivity contribution in [2.24, 2.45) is 5.73 Å². The van der Waals surface area contributed by atoms with Gasteiger partial charge in [0.1, 0.15) is 0 Å². The predicted molar refractivity (Wildman–Crippen MR) is 64.3 cm³/mol. The number of nitro groups is 1. The van der Waals surface area contributed by atoms with Crippen LogP contribution < -0.4 is 5.73 Å². The molecule has 0 fully saturated rings. The maximum atomic E-state index is 10.7. The fraction of sp³-hybridized carbons (Fsp3) is 0.0909. The van der Waals surface area contributed by atoms with Gasteiger partial charge in [-0.2, -0.15) is 0 Å². The van der Waals surface area contributed by atoms with Crippen molar-refractivity contribution in [3.8, 4) is 11.1 Å². The molecule has 0 aliphatic carbocycles. The first kappa shape index (κ1) is 10.8. The van der Waals surface area contributed by atoms with E-state index in [1.807, 2.05) is 17.5 Å². The molecular weight excluding hydrogens is 224 g/mol. The minimum atomic E-state index is -0.391. The van der Waals surface area contributed by atoms with Crippen LogP contribution in [0.3, 0.4) is 0 Å². The lowest BCUT2D eigenvalue weighted by Crippen LogP contribution is -1.95. The highest BCUT2D eigenvalue weighted by Gasteiger charge is 2.10. The number of nitrogens with zero attached hydrogens (tertiary/aromatic N) is 1. The zero-order valence-electron chi connectivity index (χ0n) is 8.42. The SMILES string of the molecule is NCc1sccc1-c1cccc([N+](=O)[O-])c1. The Hall–Kier alpha value is -1.72. The van der Waals surface area contributed by atoms with Crippen LogP contribution >= 0.6 is 11.3 Å². The topological polar surface area (TPSA) is 69.2 Å². The molecule has 82 valence electrons. The molecular formula is C11H10N2O2S. The summed E-state index contributed by atoms with van der Waals surface area (Å²) in [7, 11) is 0. The molecule has 0 saturated carbocycles. The molecule has 2 N–H and O–H groups in total. The molecule has 2 rings (SSSR count). The first-order chi connectivity index (χ1) is 7.72. The Bertz CT molecular complexity index is 522. The first-order valence-electron chi connectivity index (χ1n) is 4.73. The second kappa shape index (κ2) is 4.42. The third-order valence-corrected chi connectivity index (χ3v) is 3.24. The van der Waals surface area contributed by atoms with Crippen LogP contribution in [0, 0.1) is 10.1 Å². The van der Waals surface area contributed by atoms with Crippen molar-refractivity contribution in [3.63, 3.8) is 0 Å². The van der Waals surface area contributed by atoms with E-state index in [1.165, 1.54) is 6.07 Å². The summed E-state index contributed by atoms with van der Waals surface area (Å²) < 4.78 is 0. The van der Waals surface area contributed by atoms with Crippen molar-refractivity contribution in [2.75, 3.05) is 0 Å². The van der Waals surface area contributed by atoms with Crippen LogP contribution in [0.5, 0.6) is 0 Å². The van der Waals surface area contributed by atoms with Crippen LogP contribution in [0.1, 0.15) is 4.88 Å². The second-order valence-corrected chi connectivity index (χ2v) is 4.27. The van der Waals surface area contributed by atoms with E-state index in [4.69, 9.17) is 5.73 Å². The molecule has 1 aromatic heterocycles. The largest absolute Gasteiger partial charge is 0.326 e. The smallest absolute Gasteiger partial charge is 0.270 e. The first-order valence-corrected chi connectivity index (χ1v) is 5.61. The summed E-state index contributed by atoms with van der Waals surface area (Å²) in [5.41, 5.74) is 7.54. The van der Waals surface area contributed by atoms with Crippen molar-refractivity contribution in [2.45, 2.75) is 6.54 Å². The van der Waals surface area contributed by atoms with E-state index in [9.17, 15) is 10.1 Å². The Morgan fingerprint density at radius 2 is 2.19 bits per heavy atom. The number of hydrogen-bond donors (Lipinski definition) is 1. The summed E-state index contributed by atoms with van der Waals surface area (Å²) in [5, 5.41) is 12.6. The van der Waals surface area contributed by atoms with Crippen molar-refractivity contribution < 1.29 is 4.92 Å². The highest BCUT2D eigenvalue weighted by molar-refractivity contribution is 7.10. The average molecular weight is 234 g/mol. The maximum absolute atomic E-state index is 10.7. The zero-order chi connectivity index (χ0) is 11.5. The van der Waals surface area contributed by atoms with E-state index in [1.54, 1.807) is 23.5 Å².